The number of hydrogen-bond acceptors (Lipinski definition) is 3. The summed E-state index contributed by atoms with van der Waals surface area (Å²) in [5, 5.41) is 2.55. The zero-order chi connectivity index (χ0) is 17.5. The number of benzene rings is 1. The Kier molecular flexibility index (Phi) is 3.93. The van der Waals surface area contributed by atoms with Gasteiger partial charge in [0.15, 0.2) is 11.6 Å². The van der Waals surface area contributed by atoms with E-state index in [0.717, 1.165) is 11.0 Å². The molecular weight excluding hydrogens is 325 g/mol. The van der Waals surface area contributed by atoms with E-state index in [1.165, 1.54) is 19.2 Å². The van der Waals surface area contributed by atoms with Gasteiger partial charge in [-0.1, -0.05) is 0 Å². The Hall–Kier alpha value is -2.25. The third kappa shape index (κ3) is 2.81. The maximum Gasteiger partial charge on any atom is 0.266 e. The van der Waals surface area contributed by atoms with Crippen molar-refractivity contribution in [3.05, 3.63) is 29.6 Å². The summed E-state index contributed by atoms with van der Waals surface area (Å²) in [4.78, 5) is 25.5. The number of amides is 2. The van der Waals surface area contributed by atoms with Crippen LogP contribution in [0, 0.1) is 11.2 Å². The summed E-state index contributed by atoms with van der Waals surface area (Å²) in [5.41, 5.74) is -1.33. The van der Waals surface area contributed by atoms with E-state index in [4.69, 9.17) is 4.74 Å². The van der Waals surface area contributed by atoms with Crippen molar-refractivity contribution in [3.63, 3.8) is 0 Å². The van der Waals surface area contributed by atoms with E-state index in [1.54, 1.807) is 0 Å². The van der Waals surface area contributed by atoms with Crippen LogP contribution in [0.3, 0.4) is 0 Å². The average Bonchev–Trinajstić information content (AvgIpc) is 2.84. The molecule has 2 fully saturated rings. The second-order valence-electron chi connectivity index (χ2n) is 6.33. The average molecular weight is 342 g/mol. The fraction of sp³-hybridized carbons (Fsp3) is 0.500. The van der Waals surface area contributed by atoms with Crippen molar-refractivity contribution < 1.29 is 27.5 Å². The number of halogens is 3. The normalized spacial score (nSPS) is 25.7. The van der Waals surface area contributed by atoms with E-state index in [9.17, 15) is 22.8 Å². The van der Waals surface area contributed by atoms with Crippen LogP contribution in [0.1, 0.15) is 23.2 Å². The van der Waals surface area contributed by atoms with Gasteiger partial charge in [0.2, 0.25) is 5.91 Å². The highest BCUT2D eigenvalue weighted by molar-refractivity contribution is 5.95. The highest BCUT2D eigenvalue weighted by atomic mass is 19.3. The van der Waals surface area contributed by atoms with E-state index in [-0.39, 0.29) is 24.3 Å². The number of hydrogen-bond donors (Lipinski definition) is 1. The minimum absolute atomic E-state index is 0.0397. The first-order chi connectivity index (χ1) is 11.3. The molecule has 0 aromatic heterocycles. The second-order valence-corrected chi connectivity index (χ2v) is 6.33. The Balaban J connectivity index is 1.88. The first kappa shape index (κ1) is 16.6. The van der Waals surface area contributed by atoms with Gasteiger partial charge in [-0.25, -0.2) is 13.2 Å². The summed E-state index contributed by atoms with van der Waals surface area (Å²) in [5.74, 6) is -5.14. The number of nitrogens with zero attached hydrogens (tertiary/aromatic N) is 1. The Morgan fingerprint density at radius 3 is 2.67 bits per heavy atom. The Bertz CT molecular complexity index is 695. The molecule has 1 atom stereocenters. The SMILES string of the molecule is COc1ccc(C(=O)N2CC(F)(F)C[C@]3(CCNC3=O)C2)cc1F. The molecule has 2 amide bonds. The molecule has 5 nitrogen and oxygen atoms in total. The highest BCUT2D eigenvalue weighted by Crippen LogP contribution is 2.43. The van der Waals surface area contributed by atoms with Crippen molar-refractivity contribution in [2.45, 2.75) is 18.8 Å². The molecule has 3 rings (SSSR count). The lowest BCUT2D eigenvalue weighted by Crippen LogP contribution is -2.56. The smallest absolute Gasteiger partial charge is 0.266 e. The lowest BCUT2D eigenvalue weighted by Gasteiger charge is -2.42. The van der Waals surface area contributed by atoms with Crippen LogP contribution >= 0.6 is 0 Å². The van der Waals surface area contributed by atoms with Crippen LogP contribution in [0.4, 0.5) is 13.2 Å². The molecule has 0 bridgehead atoms. The monoisotopic (exact) mass is 342 g/mol. The number of likely N-dealkylation sites (tertiary alicyclic amines) is 1. The maximum atomic E-state index is 14.1. The molecule has 2 aliphatic rings. The molecule has 1 spiro atoms. The zero-order valence-corrected chi connectivity index (χ0v) is 13.1. The first-order valence-electron chi connectivity index (χ1n) is 7.55. The lowest BCUT2D eigenvalue weighted by molar-refractivity contribution is -0.144. The van der Waals surface area contributed by atoms with Crippen LogP contribution in [0.5, 0.6) is 5.75 Å². The minimum atomic E-state index is -3.17. The van der Waals surface area contributed by atoms with Crippen LogP contribution in [0.2, 0.25) is 0 Å². The number of carbonyl (C=O) groups is 2. The van der Waals surface area contributed by atoms with E-state index in [1.807, 2.05) is 0 Å². The van der Waals surface area contributed by atoms with E-state index in [0.29, 0.717) is 6.54 Å². The van der Waals surface area contributed by atoms with Crippen LogP contribution in [-0.2, 0) is 4.79 Å². The molecule has 2 saturated heterocycles. The molecule has 0 aliphatic carbocycles. The molecule has 8 heteroatoms. The summed E-state index contributed by atoms with van der Waals surface area (Å²) >= 11 is 0. The van der Waals surface area contributed by atoms with Gasteiger partial charge in [0.05, 0.1) is 19.1 Å². The first-order valence-corrected chi connectivity index (χ1v) is 7.55. The van der Waals surface area contributed by atoms with E-state index in [2.05, 4.69) is 5.32 Å². The number of nitrogens with one attached hydrogen (secondary N) is 1. The van der Waals surface area contributed by atoms with Crippen molar-refractivity contribution in [2.75, 3.05) is 26.7 Å². The predicted octanol–water partition coefficient (Wildman–Crippen LogP) is 1.82. The standard InChI is InChI=1S/C16H17F3N2O3/c1-24-12-3-2-10(6-11(12)17)13(22)21-8-15(4-5-20-14(15)23)7-16(18,19)9-21/h2-3,6H,4-5,7-9H2,1H3,(H,20,23)/t15-/m1/s1. The van der Waals surface area contributed by atoms with Gasteiger partial charge in [-0.05, 0) is 24.6 Å². The third-order valence-corrected chi connectivity index (χ3v) is 4.57. The molecule has 2 heterocycles. The minimum Gasteiger partial charge on any atom is -0.494 e. The van der Waals surface area contributed by atoms with Gasteiger partial charge in [-0.2, -0.15) is 0 Å². The quantitative estimate of drug-likeness (QED) is 0.892. The van der Waals surface area contributed by atoms with Gasteiger partial charge in [0, 0.05) is 25.1 Å². The van der Waals surface area contributed by atoms with Crippen LogP contribution in [0.15, 0.2) is 18.2 Å². The number of carbonyl (C=O) groups excluding carboxylic acids is 2. The van der Waals surface area contributed by atoms with Gasteiger partial charge >= 0.3 is 0 Å². The van der Waals surface area contributed by atoms with Crippen molar-refractivity contribution >= 4 is 11.8 Å². The summed E-state index contributed by atoms with van der Waals surface area (Å²) in [7, 11) is 1.29. The topological polar surface area (TPSA) is 58.6 Å². The van der Waals surface area contributed by atoms with E-state index < -0.39 is 41.9 Å². The number of alkyl halides is 2. The third-order valence-electron chi connectivity index (χ3n) is 4.57. The van der Waals surface area contributed by atoms with Crippen LogP contribution < -0.4 is 10.1 Å². The van der Waals surface area contributed by atoms with Gasteiger partial charge in [0.25, 0.3) is 11.8 Å². The number of methoxy groups -OCH3 is 1. The largest absolute Gasteiger partial charge is 0.494 e. The molecule has 1 aromatic rings. The van der Waals surface area contributed by atoms with E-state index >= 15 is 0 Å². The molecule has 0 radical (unpaired) electrons. The Morgan fingerprint density at radius 1 is 1.33 bits per heavy atom. The number of ether oxygens (including phenoxy) is 1. The maximum absolute atomic E-state index is 14.1. The highest BCUT2D eigenvalue weighted by Gasteiger charge is 2.55. The van der Waals surface area contributed by atoms with Gasteiger partial charge in [0.1, 0.15) is 0 Å². The summed E-state index contributed by atoms with van der Waals surface area (Å²) in [6.45, 7) is -0.566. The number of piperidine rings is 1. The van der Waals surface area contributed by atoms with Gasteiger partial charge in [-0.15, -0.1) is 0 Å². The molecule has 1 N–H and O–H groups in total. The fourth-order valence-corrected chi connectivity index (χ4v) is 3.47. The predicted molar refractivity (Wildman–Crippen MR) is 78.5 cm³/mol. The summed E-state index contributed by atoms with van der Waals surface area (Å²) in [6, 6.07) is 3.54. The fourth-order valence-electron chi connectivity index (χ4n) is 3.47. The van der Waals surface area contributed by atoms with Gasteiger partial charge in [-0.3, -0.25) is 9.59 Å². The molecule has 2 aliphatic heterocycles. The molecular formula is C16H17F3N2O3. The van der Waals surface area contributed by atoms with Crippen molar-refractivity contribution in [1.29, 1.82) is 0 Å². The molecule has 24 heavy (non-hydrogen) atoms. The summed E-state index contributed by atoms with van der Waals surface area (Å²) < 4.78 is 46.8. The summed E-state index contributed by atoms with van der Waals surface area (Å²) in [6.07, 6.45) is -0.325. The lowest BCUT2D eigenvalue weighted by atomic mass is 9.77. The van der Waals surface area contributed by atoms with Crippen molar-refractivity contribution in [1.82, 2.24) is 10.2 Å². The number of rotatable bonds is 2. The molecule has 130 valence electrons. The molecule has 1 aromatic carbocycles. The van der Waals surface area contributed by atoms with Crippen LogP contribution in [-0.4, -0.2) is 49.4 Å². The van der Waals surface area contributed by atoms with Crippen molar-refractivity contribution in [3.8, 4) is 5.75 Å². The Morgan fingerprint density at radius 2 is 2.08 bits per heavy atom. The molecule has 0 unspecified atom stereocenters. The Labute approximate surface area is 136 Å². The van der Waals surface area contributed by atoms with Gasteiger partial charge < -0.3 is 15.0 Å². The zero-order valence-electron chi connectivity index (χ0n) is 13.1. The van der Waals surface area contributed by atoms with Crippen LogP contribution in [0.25, 0.3) is 0 Å². The second kappa shape index (κ2) is 5.68. The van der Waals surface area contributed by atoms with Crippen molar-refractivity contribution in [2.24, 2.45) is 5.41 Å². The molecule has 0 saturated carbocycles.